The zero-order chi connectivity index (χ0) is 16.4. The molecule has 3 rings (SSSR count). The fourth-order valence-corrected chi connectivity index (χ4v) is 3.26. The molecule has 1 aliphatic carbocycles. The zero-order valence-electron chi connectivity index (χ0n) is 13.7. The molecule has 1 saturated carbocycles. The van der Waals surface area contributed by atoms with E-state index in [-0.39, 0.29) is 11.2 Å². The standard InChI is InChI=1S/C17H22N4OS/c1-12(23-17-18-10-11-21(17)15-8-9-15)16(22)19-13-4-6-14(7-5-13)20(2)3/h4-7,10-12,15H,8-9H2,1-3H3,(H,19,22)/t12-/m0/s1. The lowest BCUT2D eigenvalue weighted by Crippen LogP contribution is -2.23. The maximum atomic E-state index is 12.4. The van der Waals surface area contributed by atoms with E-state index < -0.39 is 0 Å². The molecule has 1 N–H and O–H groups in total. The molecule has 1 aromatic carbocycles. The van der Waals surface area contributed by atoms with Gasteiger partial charge in [-0.15, -0.1) is 0 Å². The van der Waals surface area contributed by atoms with Crippen LogP contribution in [0, 0.1) is 0 Å². The van der Waals surface area contributed by atoms with Crippen molar-refractivity contribution in [3.63, 3.8) is 0 Å². The maximum absolute atomic E-state index is 12.4. The Labute approximate surface area is 141 Å². The summed E-state index contributed by atoms with van der Waals surface area (Å²) in [7, 11) is 3.99. The van der Waals surface area contributed by atoms with E-state index in [0.717, 1.165) is 16.5 Å². The molecule has 0 radical (unpaired) electrons. The average Bonchev–Trinajstić information content (AvgIpc) is 3.27. The summed E-state index contributed by atoms with van der Waals surface area (Å²) in [6, 6.07) is 8.42. The minimum atomic E-state index is -0.191. The Morgan fingerprint density at radius 1 is 1.35 bits per heavy atom. The molecule has 23 heavy (non-hydrogen) atoms. The van der Waals surface area contributed by atoms with Crippen LogP contribution in [0.2, 0.25) is 0 Å². The summed E-state index contributed by atoms with van der Waals surface area (Å²) in [6.07, 6.45) is 6.24. The highest BCUT2D eigenvalue weighted by Crippen LogP contribution is 2.38. The van der Waals surface area contributed by atoms with Gasteiger partial charge in [-0.1, -0.05) is 11.8 Å². The van der Waals surface area contributed by atoms with Gasteiger partial charge in [-0.3, -0.25) is 4.79 Å². The van der Waals surface area contributed by atoms with Crippen LogP contribution in [0.15, 0.2) is 41.8 Å². The minimum absolute atomic E-state index is 0.00190. The van der Waals surface area contributed by atoms with Crippen LogP contribution in [0.4, 0.5) is 11.4 Å². The van der Waals surface area contributed by atoms with E-state index in [2.05, 4.69) is 14.9 Å². The van der Waals surface area contributed by atoms with E-state index in [1.807, 2.05) is 62.6 Å². The number of hydrogen-bond donors (Lipinski definition) is 1. The quantitative estimate of drug-likeness (QED) is 0.825. The number of imidazole rings is 1. The van der Waals surface area contributed by atoms with Crippen LogP contribution in [-0.4, -0.2) is 34.8 Å². The molecule has 1 aromatic heterocycles. The Morgan fingerprint density at radius 2 is 2.04 bits per heavy atom. The van der Waals surface area contributed by atoms with Gasteiger partial charge in [0.25, 0.3) is 0 Å². The number of benzene rings is 1. The summed E-state index contributed by atoms with van der Waals surface area (Å²) in [5, 5.41) is 3.71. The fourth-order valence-electron chi connectivity index (χ4n) is 2.32. The second-order valence-electron chi connectivity index (χ2n) is 6.04. The van der Waals surface area contributed by atoms with Crippen LogP contribution in [0.5, 0.6) is 0 Å². The monoisotopic (exact) mass is 330 g/mol. The molecule has 6 heteroatoms. The number of carbonyl (C=O) groups excluding carboxylic acids is 1. The minimum Gasteiger partial charge on any atom is -0.378 e. The SMILES string of the molecule is C[C@H](Sc1nccn1C1CC1)C(=O)Nc1ccc(N(C)C)cc1. The van der Waals surface area contributed by atoms with E-state index in [9.17, 15) is 4.79 Å². The normalized spacial score (nSPS) is 15.3. The highest BCUT2D eigenvalue weighted by molar-refractivity contribution is 8.00. The Balaban J connectivity index is 1.59. The lowest BCUT2D eigenvalue weighted by molar-refractivity contribution is -0.115. The third kappa shape index (κ3) is 3.88. The summed E-state index contributed by atoms with van der Waals surface area (Å²) < 4.78 is 2.18. The first-order chi connectivity index (χ1) is 11.0. The van der Waals surface area contributed by atoms with E-state index >= 15 is 0 Å². The van der Waals surface area contributed by atoms with Crippen LogP contribution >= 0.6 is 11.8 Å². The number of nitrogens with one attached hydrogen (secondary N) is 1. The van der Waals surface area contributed by atoms with Gasteiger partial charge in [-0.25, -0.2) is 4.98 Å². The number of hydrogen-bond acceptors (Lipinski definition) is 4. The van der Waals surface area contributed by atoms with Crippen LogP contribution in [0.25, 0.3) is 0 Å². The second-order valence-corrected chi connectivity index (χ2v) is 7.35. The van der Waals surface area contributed by atoms with Crippen LogP contribution in [0.3, 0.4) is 0 Å². The smallest absolute Gasteiger partial charge is 0.237 e. The molecule has 122 valence electrons. The first-order valence-electron chi connectivity index (χ1n) is 7.82. The lowest BCUT2D eigenvalue weighted by atomic mass is 10.2. The number of amides is 1. The molecule has 0 bridgehead atoms. The average molecular weight is 330 g/mol. The fraction of sp³-hybridized carbons (Fsp3) is 0.412. The number of rotatable bonds is 6. The Morgan fingerprint density at radius 3 is 2.65 bits per heavy atom. The third-order valence-corrected chi connectivity index (χ3v) is 4.97. The topological polar surface area (TPSA) is 50.2 Å². The van der Waals surface area contributed by atoms with Crippen molar-refractivity contribution >= 4 is 29.0 Å². The number of thioether (sulfide) groups is 1. The van der Waals surface area contributed by atoms with Gasteiger partial charge in [0.1, 0.15) is 0 Å². The maximum Gasteiger partial charge on any atom is 0.237 e. The summed E-state index contributed by atoms with van der Waals surface area (Å²) in [4.78, 5) is 18.8. The van der Waals surface area contributed by atoms with Crippen molar-refractivity contribution in [1.82, 2.24) is 9.55 Å². The van der Waals surface area contributed by atoms with Gasteiger partial charge in [-0.2, -0.15) is 0 Å². The largest absolute Gasteiger partial charge is 0.378 e. The first kappa shape index (κ1) is 15.9. The molecule has 0 unspecified atom stereocenters. The van der Waals surface area contributed by atoms with Gasteiger partial charge < -0.3 is 14.8 Å². The third-order valence-electron chi connectivity index (χ3n) is 3.88. The van der Waals surface area contributed by atoms with E-state index in [1.54, 1.807) is 0 Å². The molecule has 0 spiro atoms. The van der Waals surface area contributed by atoms with Crippen molar-refractivity contribution in [1.29, 1.82) is 0 Å². The van der Waals surface area contributed by atoms with Gasteiger partial charge in [0.05, 0.1) is 5.25 Å². The number of carbonyl (C=O) groups is 1. The molecule has 1 aliphatic rings. The highest BCUT2D eigenvalue weighted by Gasteiger charge is 2.27. The van der Waals surface area contributed by atoms with Crippen molar-refractivity contribution in [2.75, 3.05) is 24.3 Å². The Kier molecular flexibility index (Phi) is 4.61. The lowest BCUT2D eigenvalue weighted by Gasteiger charge is -2.15. The van der Waals surface area contributed by atoms with Crippen LogP contribution in [0.1, 0.15) is 25.8 Å². The number of anilines is 2. The first-order valence-corrected chi connectivity index (χ1v) is 8.70. The molecule has 1 atom stereocenters. The van der Waals surface area contributed by atoms with Crippen LogP contribution in [-0.2, 0) is 4.79 Å². The molecule has 2 aromatic rings. The van der Waals surface area contributed by atoms with Crippen molar-refractivity contribution in [2.24, 2.45) is 0 Å². The van der Waals surface area contributed by atoms with Gasteiger partial charge in [0, 0.05) is 43.9 Å². The van der Waals surface area contributed by atoms with E-state index in [1.165, 1.54) is 24.6 Å². The van der Waals surface area contributed by atoms with Gasteiger partial charge in [0.2, 0.25) is 5.91 Å². The van der Waals surface area contributed by atoms with Gasteiger partial charge in [-0.05, 0) is 44.0 Å². The van der Waals surface area contributed by atoms with Crippen molar-refractivity contribution < 1.29 is 4.79 Å². The second kappa shape index (κ2) is 6.66. The Bertz CT molecular complexity index is 676. The highest BCUT2D eigenvalue weighted by atomic mass is 32.2. The molecule has 1 fully saturated rings. The molecule has 0 aliphatic heterocycles. The van der Waals surface area contributed by atoms with Crippen molar-refractivity contribution in [3.05, 3.63) is 36.7 Å². The number of nitrogens with zero attached hydrogens (tertiary/aromatic N) is 3. The molecule has 0 saturated heterocycles. The molecule has 1 heterocycles. The van der Waals surface area contributed by atoms with E-state index in [0.29, 0.717) is 6.04 Å². The zero-order valence-corrected chi connectivity index (χ0v) is 14.5. The predicted molar refractivity (Wildman–Crippen MR) is 95.2 cm³/mol. The Hall–Kier alpha value is -1.95. The van der Waals surface area contributed by atoms with Crippen molar-refractivity contribution in [3.8, 4) is 0 Å². The van der Waals surface area contributed by atoms with Crippen LogP contribution < -0.4 is 10.2 Å². The summed E-state index contributed by atoms with van der Waals surface area (Å²) >= 11 is 1.51. The van der Waals surface area contributed by atoms with Gasteiger partial charge in [0.15, 0.2) is 5.16 Å². The predicted octanol–water partition coefficient (Wildman–Crippen LogP) is 3.40. The summed E-state index contributed by atoms with van der Waals surface area (Å²) in [6.45, 7) is 1.92. The molecule has 5 nitrogen and oxygen atoms in total. The molecule has 1 amide bonds. The van der Waals surface area contributed by atoms with Gasteiger partial charge >= 0.3 is 0 Å². The summed E-state index contributed by atoms with van der Waals surface area (Å²) in [5.41, 5.74) is 1.93. The summed E-state index contributed by atoms with van der Waals surface area (Å²) in [5.74, 6) is -0.00190. The van der Waals surface area contributed by atoms with Crippen molar-refractivity contribution in [2.45, 2.75) is 36.2 Å². The number of aromatic nitrogens is 2. The van der Waals surface area contributed by atoms with E-state index in [4.69, 9.17) is 0 Å². The molecular weight excluding hydrogens is 308 g/mol. The molecular formula is C17H22N4OS.